The number of aliphatic hydroxyl groups is 1. The summed E-state index contributed by atoms with van der Waals surface area (Å²) in [5.41, 5.74) is 3.40. The minimum atomic E-state index is -0.749. The van der Waals surface area contributed by atoms with Crippen molar-refractivity contribution in [3.05, 3.63) is 64.7 Å². The van der Waals surface area contributed by atoms with E-state index >= 15 is 0 Å². The molecule has 0 aliphatic heterocycles. The summed E-state index contributed by atoms with van der Waals surface area (Å²) < 4.78 is 32.5. The van der Waals surface area contributed by atoms with E-state index in [0.29, 0.717) is 11.3 Å². The zero-order chi connectivity index (χ0) is 16.6. The monoisotopic (exact) mass is 315 g/mol. The maximum atomic E-state index is 14.0. The fraction of sp³-hybridized carbons (Fsp3) is 0.167. The molecule has 2 aromatic carbocycles. The fourth-order valence-corrected chi connectivity index (χ4v) is 2.72. The molecule has 0 saturated carbocycles. The van der Waals surface area contributed by atoms with Gasteiger partial charge in [-0.25, -0.2) is 8.78 Å². The van der Waals surface area contributed by atoms with Gasteiger partial charge in [0.05, 0.1) is 12.2 Å². The Hall–Kier alpha value is -2.53. The molecule has 118 valence electrons. The lowest BCUT2D eigenvalue weighted by molar-refractivity contribution is 0.281. The number of hydrogen-bond donors (Lipinski definition) is 1. The highest BCUT2D eigenvalue weighted by atomic mass is 19.1. The van der Waals surface area contributed by atoms with Crippen LogP contribution in [0.2, 0.25) is 0 Å². The van der Waals surface area contributed by atoms with Crippen LogP contribution in [0.3, 0.4) is 0 Å². The van der Waals surface area contributed by atoms with Crippen LogP contribution in [0.1, 0.15) is 16.7 Å². The van der Waals surface area contributed by atoms with Crippen molar-refractivity contribution in [2.24, 2.45) is 0 Å². The first-order valence-corrected chi connectivity index (χ1v) is 7.14. The quantitative estimate of drug-likeness (QED) is 0.779. The van der Waals surface area contributed by atoms with Crippen LogP contribution in [0.5, 0.6) is 0 Å². The molecule has 5 heteroatoms. The third-order valence-electron chi connectivity index (χ3n) is 3.84. The first-order valence-electron chi connectivity index (χ1n) is 7.14. The summed E-state index contributed by atoms with van der Waals surface area (Å²) in [6.45, 7) is 3.48. The van der Waals surface area contributed by atoms with Gasteiger partial charge in [0, 0.05) is 17.2 Å². The lowest BCUT2D eigenvalue weighted by Crippen LogP contribution is -1.94. The third kappa shape index (κ3) is 2.64. The lowest BCUT2D eigenvalue weighted by atomic mass is 9.96. The van der Waals surface area contributed by atoms with Gasteiger partial charge in [0.25, 0.3) is 0 Å². The molecule has 0 aliphatic rings. The average Bonchev–Trinajstić information content (AvgIpc) is 2.90. The van der Waals surface area contributed by atoms with Gasteiger partial charge in [0.2, 0.25) is 0 Å². The number of aliphatic hydroxyl groups excluding tert-OH is 1. The Balaban J connectivity index is 2.22. The van der Waals surface area contributed by atoms with Crippen molar-refractivity contribution < 1.29 is 18.4 Å². The van der Waals surface area contributed by atoms with Crippen molar-refractivity contribution in [2.75, 3.05) is 0 Å². The molecule has 23 heavy (non-hydrogen) atoms. The minimum Gasteiger partial charge on any atom is -0.391 e. The van der Waals surface area contributed by atoms with Crippen LogP contribution in [0, 0.1) is 25.5 Å². The highest BCUT2D eigenvalue weighted by Gasteiger charge is 2.22. The molecular formula is C18H15F2NO2. The first kappa shape index (κ1) is 15.4. The van der Waals surface area contributed by atoms with E-state index in [9.17, 15) is 13.9 Å². The molecule has 0 atom stereocenters. The van der Waals surface area contributed by atoms with E-state index in [0.717, 1.165) is 28.8 Å². The summed E-state index contributed by atoms with van der Waals surface area (Å²) in [5.74, 6) is -1.02. The molecule has 3 rings (SSSR count). The summed E-state index contributed by atoms with van der Waals surface area (Å²) in [4.78, 5) is 0. The molecule has 0 saturated heterocycles. The third-order valence-corrected chi connectivity index (χ3v) is 3.84. The van der Waals surface area contributed by atoms with Gasteiger partial charge in [-0.2, -0.15) is 0 Å². The molecule has 1 aromatic heterocycles. The maximum Gasteiger partial charge on any atom is 0.173 e. The SMILES string of the molecule is Cc1cccc(C)c1-c1onc(-c2ccc(F)cc2F)c1CO. The van der Waals surface area contributed by atoms with E-state index in [1.165, 1.54) is 6.07 Å². The second-order valence-electron chi connectivity index (χ2n) is 5.39. The largest absolute Gasteiger partial charge is 0.391 e. The normalized spacial score (nSPS) is 11.0. The Morgan fingerprint density at radius 2 is 1.78 bits per heavy atom. The molecule has 0 amide bonds. The molecular weight excluding hydrogens is 300 g/mol. The molecule has 0 radical (unpaired) electrons. The highest BCUT2D eigenvalue weighted by Crippen LogP contribution is 2.36. The predicted octanol–water partition coefficient (Wildman–Crippen LogP) is 4.40. The van der Waals surface area contributed by atoms with Crippen molar-refractivity contribution >= 4 is 0 Å². The van der Waals surface area contributed by atoms with Crippen LogP contribution in [0.25, 0.3) is 22.6 Å². The van der Waals surface area contributed by atoms with E-state index in [1.54, 1.807) is 0 Å². The van der Waals surface area contributed by atoms with Gasteiger partial charge in [0.15, 0.2) is 5.76 Å². The zero-order valence-electron chi connectivity index (χ0n) is 12.7. The number of halogens is 2. The molecule has 0 fully saturated rings. The summed E-state index contributed by atoms with van der Waals surface area (Å²) >= 11 is 0. The topological polar surface area (TPSA) is 46.3 Å². The molecule has 3 nitrogen and oxygen atoms in total. The summed E-state index contributed by atoms with van der Waals surface area (Å²) in [7, 11) is 0. The van der Waals surface area contributed by atoms with E-state index in [-0.39, 0.29) is 17.9 Å². The Kier molecular flexibility index (Phi) is 3.96. The van der Waals surface area contributed by atoms with E-state index in [1.807, 2.05) is 32.0 Å². The maximum absolute atomic E-state index is 14.0. The molecule has 0 unspecified atom stereocenters. The number of nitrogens with zero attached hydrogens (tertiary/aromatic N) is 1. The first-order chi connectivity index (χ1) is 11.0. The van der Waals surface area contributed by atoms with E-state index in [4.69, 9.17) is 4.52 Å². The number of rotatable bonds is 3. The number of aryl methyl sites for hydroxylation is 2. The Morgan fingerprint density at radius 3 is 2.39 bits per heavy atom. The number of aromatic nitrogens is 1. The predicted molar refractivity (Wildman–Crippen MR) is 82.7 cm³/mol. The fourth-order valence-electron chi connectivity index (χ4n) is 2.72. The smallest absolute Gasteiger partial charge is 0.173 e. The second-order valence-corrected chi connectivity index (χ2v) is 5.39. The summed E-state index contributed by atoms with van der Waals surface area (Å²) in [5, 5.41) is 13.7. The van der Waals surface area contributed by atoms with Gasteiger partial charge in [-0.15, -0.1) is 0 Å². The van der Waals surface area contributed by atoms with Crippen molar-refractivity contribution in [1.29, 1.82) is 0 Å². The molecule has 3 aromatic rings. The van der Waals surface area contributed by atoms with Gasteiger partial charge >= 0.3 is 0 Å². The zero-order valence-corrected chi connectivity index (χ0v) is 12.7. The Bertz CT molecular complexity index is 851. The lowest BCUT2D eigenvalue weighted by Gasteiger charge is -2.08. The van der Waals surface area contributed by atoms with Crippen LogP contribution >= 0.6 is 0 Å². The average molecular weight is 315 g/mol. The van der Waals surface area contributed by atoms with Gasteiger partial charge in [0.1, 0.15) is 17.3 Å². The van der Waals surface area contributed by atoms with E-state index < -0.39 is 11.6 Å². The van der Waals surface area contributed by atoms with E-state index in [2.05, 4.69) is 5.16 Å². The van der Waals surface area contributed by atoms with Crippen molar-refractivity contribution in [2.45, 2.75) is 20.5 Å². The second kappa shape index (κ2) is 5.93. The van der Waals surface area contributed by atoms with Gasteiger partial charge in [-0.05, 0) is 37.1 Å². The number of hydrogen-bond acceptors (Lipinski definition) is 3. The van der Waals surface area contributed by atoms with Crippen molar-refractivity contribution in [3.63, 3.8) is 0 Å². The summed E-state index contributed by atoms with van der Waals surface area (Å²) in [6, 6.07) is 8.98. The van der Waals surface area contributed by atoms with Crippen molar-refractivity contribution in [1.82, 2.24) is 5.16 Å². The van der Waals surface area contributed by atoms with Crippen LogP contribution < -0.4 is 0 Å². The van der Waals surface area contributed by atoms with Crippen LogP contribution in [-0.2, 0) is 6.61 Å². The minimum absolute atomic E-state index is 0.0942. The highest BCUT2D eigenvalue weighted by molar-refractivity contribution is 5.76. The van der Waals surface area contributed by atoms with Crippen molar-refractivity contribution in [3.8, 4) is 22.6 Å². The molecule has 1 heterocycles. The molecule has 1 N–H and O–H groups in total. The van der Waals surface area contributed by atoms with Crippen LogP contribution in [0.4, 0.5) is 8.78 Å². The number of benzene rings is 2. The summed E-state index contributed by atoms with van der Waals surface area (Å²) in [6.07, 6.45) is 0. The van der Waals surface area contributed by atoms with Crippen LogP contribution in [-0.4, -0.2) is 10.3 Å². The Morgan fingerprint density at radius 1 is 1.09 bits per heavy atom. The Labute approximate surface area is 132 Å². The van der Waals surface area contributed by atoms with Gasteiger partial charge < -0.3 is 9.63 Å². The van der Waals surface area contributed by atoms with Gasteiger partial charge in [-0.1, -0.05) is 23.4 Å². The van der Waals surface area contributed by atoms with Crippen LogP contribution in [0.15, 0.2) is 40.9 Å². The standard InChI is InChI=1S/C18H15F2NO2/c1-10-4-3-5-11(2)16(10)18-14(9-22)17(21-23-18)13-7-6-12(19)8-15(13)20/h3-8,22H,9H2,1-2H3. The molecule has 0 spiro atoms. The molecule has 0 aliphatic carbocycles. The van der Waals surface area contributed by atoms with Gasteiger partial charge in [-0.3, -0.25) is 0 Å². The molecule has 0 bridgehead atoms.